The number of benzene rings is 2. The van der Waals surface area contributed by atoms with E-state index in [2.05, 4.69) is 10.2 Å². The number of hydrogen-bond acceptors (Lipinski definition) is 4. The Morgan fingerprint density at radius 3 is 2.38 bits per heavy atom. The van der Waals surface area contributed by atoms with Crippen LogP contribution >= 0.6 is 11.6 Å². The molecular formula is C25H31ClN2O4. The van der Waals surface area contributed by atoms with E-state index < -0.39 is 11.6 Å². The van der Waals surface area contributed by atoms with Crippen LogP contribution < -0.4 is 15.0 Å². The van der Waals surface area contributed by atoms with Gasteiger partial charge in [-0.2, -0.15) is 0 Å². The first-order valence-electron chi connectivity index (χ1n) is 11.0. The van der Waals surface area contributed by atoms with Gasteiger partial charge in [-0.1, -0.05) is 23.7 Å². The topological polar surface area (TPSA) is 78.9 Å². The van der Waals surface area contributed by atoms with Crippen LogP contribution in [0.2, 0.25) is 5.02 Å². The number of piperidine rings is 1. The molecule has 6 nitrogen and oxygen atoms in total. The molecule has 0 aromatic heterocycles. The summed E-state index contributed by atoms with van der Waals surface area (Å²) in [5.74, 6) is -0.698. The van der Waals surface area contributed by atoms with Crippen molar-refractivity contribution < 1.29 is 19.4 Å². The second-order valence-electron chi connectivity index (χ2n) is 8.85. The monoisotopic (exact) mass is 458 g/mol. The Kier molecular flexibility index (Phi) is 7.67. The van der Waals surface area contributed by atoms with Gasteiger partial charge in [0.1, 0.15) is 5.75 Å². The Balaban J connectivity index is 1.56. The van der Waals surface area contributed by atoms with E-state index in [0.717, 1.165) is 24.3 Å². The Labute approximate surface area is 194 Å². The number of ether oxygens (including phenoxy) is 1. The van der Waals surface area contributed by atoms with Gasteiger partial charge in [0.15, 0.2) is 5.60 Å². The lowest BCUT2D eigenvalue weighted by atomic mass is 10.1. The third kappa shape index (κ3) is 6.16. The van der Waals surface area contributed by atoms with Crippen LogP contribution in [-0.2, 0) is 11.2 Å². The number of hydrogen-bond donors (Lipinski definition) is 2. The maximum Gasteiger partial charge on any atom is 0.347 e. The molecule has 172 valence electrons. The van der Waals surface area contributed by atoms with Crippen molar-refractivity contribution in [2.24, 2.45) is 0 Å². The van der Waals surface area contributed by atoms with E-state index in [1.807, 2.05) is 31.2 Å². The van der Waals surface area contributed by atoms with Gasteiger partial charge in [-0.25, -0.2) is 4.79 Å². The molecule has 1 amide bonds. The standard InChI is InChI=1S/C25H31ClN2O4/c1-17(15-18-7-10-20(11-8-18)32-25(2,3)24(30)31)27-23(29)19-9-12-22(21(26)16-19)28-13-5-4-6-14-28/h7-12,16-17H,4-6,13-15H2,1-3H3,(H,27,29)(H,30,31). The molecule has 1 atom stereocenters. The van der Waals surface area contributed by atoms with Gasteiger partial charge in [0.05, 0.1) is 10.7 Å². The van der Waals surface area contributed by atoms with Gasteiger partial charge in [0.2, 0.25) is 0 Å². The SMILES string of the molecule is CC(Cc1ccc(OC(C)(C)C(=O)O)cc1)NC(=O)c1ccc(N2CCCCC2)c(Cl)c1. The van der Waals surface area contributed by atoms with Gasteiger partial charge in [0.25, 0.3) is 5.91 Å². The summed E-state index contributed by atoms with van der Waals surface area (Å²) < 4.78 is 5.52. The molecule has 1 heterocycles. The first-order chi connectivity index (χ1) is 15.2. The third-order valence-electron chi connectivity index (χ3n) is 5.64. The summed E-state index contributed by atoms with van der Waals surface area (Å²) in [5, 5.41) is 12.8. The van der Waals surface area contributed by atoms with Crippen molar-refractivity contribution in [1.82, 2.24) is 5.32 Å². The van der Waals surface area contributed by atoms with Crippen LogP contribution in [0.1, 0.15) is 56.0 Å². The van der Waals surface area contributed by atoms with E-state index >= 15 is 0 Å². The zero-order chi connectivity index (χ0) is 23.3. The van der Waals surface area contributed by atoms with Crippen LogP contribution in [0.3, 0.4) is 0 Å². The summed E-state index contributed by atoms with van der Waals surface area (Å²) in [6.07, 6.45) is 4.22. The number of amides is 1. The molecule has 2 N–H and O–H groups in total. The Morgan fingerprint density at radius 2 is 1.78 bits per heavy atom. The van der Waals surface area contributed by atoms with Crippen molar-refractivity contribution in [2.45, 2.75) is 58.1 Å². The number of carbonyl (C=O) groups excluding carboxylic acids is 1. The summed E-state index contributed by atoms with van der Waals surface area (Å²) in [6, 6.07) is 12.6. The molecular weight excluding hydrogens is 428 g/mol. The van der Waals surface area contributed by atoms with Crippen molar-refractivity contribution in [3.8, 4) is 5.75 Å². The Morgan fingerprint density at radius 1 is 1.12 bits per heavy atom. The first-order valence-corrected chi connectivity index (χ1v) is 11.4. The fraction of sp³-hybridized carbons (Fsp3) is 0.440. The van der Waals surface area contributed by atoms with Crippen molar-refractivity contribution >= 4 is 29.2 Å². The number of nitrogens with zero attached hydrogens (tertiary/aromatic N) is 1. The number of aliphatic carboxylic acids is 1. The lowest BCUT2D eigenvalue weighted by Gasteiger charge is -2.29. The number of carboxylic acids is 1. The average molecular weight is 459 g/mol. The predicted octanol–water partition coefficient (Wildman–Crippen LogP) is 4.93. The molecule has 2 aromatic carbocycles. The van der Waals surface area contributed by atoms with Crippen LogP contribution in [0.4, 0.5) is 5.69 Å². The minimum absolute atomic E-state index is 0.0923. The molecule has 0 aliphatic carbocycles. The largest absolute Gasteiger partial charge is 0.478 e. The molecule has 1 saturated heterocycles. The fourth-order valence-electron chi connectivity index (χ4n) is 3.78. The van der Waals surface area contributed by atoms with E-state index in [4.69, 9.17) is 16.3 Å². The highest BCUT2D eigenvalue weighted by Crippen LogP contribution is 2.29. The van der Waals surface area contributed by atoms with Crippen molar-refractivity contribution in [2.75, 3.05) is 18.0 Å². The molecule has 0 saturated carbocycles. The summed E-state index contributed by atoms with van der Waals surface area (Å²) in [4.78, 5) is 26.2. The van der Waals surface area contributed by atoms with Crippen molar-refractivity contribution in [1.29, 1.82) is 0 Å². The zero-order valence-corrected chi connectivity index (χ0v) is 19.6. The van der Waals surface area contributed by atoms with Gasteiger partial charge in [-0.3, -0.25) is 4.79 Å². The lowest BCUT2D eigenvalue weighted by molar-refractivity contribution is -0.152. The molecule has 1 fully saturated rings. The molecule has 1 aliphatic rings. The highest BCUT2D eigenvalue weighted by molar-refractivity contribution is 6.33. The molecule has 0 radical (unpaired) electrons. The van der Waals surface area contributed by atoms with Gasteiger partial charge in [-0.05, 0) is 82.3 Å². The van der Waals surface area contributed by atoms with E-state index in [-0.39, 0.29) is 11.9 Å². The predicted molar refractivity (Wildman–Crippen MR) is 127 cm³/mol. The molecule has 32 heavy (non-hydrogen) atoms. The van der Waals surface area contributed by atoms with Gasteiger partial charge >= 0.3 is 5.97 Å². The molecule has 7 heteroatoms. The highest BCUT2D eigenvalue weighted by Gasteiger charge is 2.29. The van der Waals surface area contributed by atoms with Crippen LogP contribution in [-0.4, -0.2) is 41.7 Å². The normalized spacial score (nSPS) is 15.2. The zero-order valence-electron chi connectivity index (χ0n) is 18.9. The number of nitrogens with one attached hydrogen (secondary N) is 1. The van der Waals surface area contributed by atoms with E-state index in [1.54, 1.807) is 18.2 Å². The summed E-state index contributed by atoms with van der Waals surface area (Å²) in [5.41, 5.74) is 1.25. The van der Waals surface area contributed by atoms with Gasteiger partial charge < -0.3 is 20.1 Å². The molecule has 3 rings (SSSR count). The van der Waals surface area contributed by atoms with Gasteiger partial charge in [0, 0.05) is 24.7 Å². The second kappa shape index (κ2) is 10.3. The van der Waals surface area contributed by atoms with Crippen LogP contribution in [0.5, 0.6) is 5.75 Å². The minimum Gasteiger partial charge on any atom is -0.478 e. The number of halogens is 1. The molecule has 1 aliphatic heterocycles. The maximum atomic E-state index is 12.7. The van der Waals surface area contributed by atoms with Gasteiger partial charge in [-0.15, -0.1) is 0 Å². The Hall–Kier alpha value is -2.73. The van der Waals surface area contributed by atoms with Crippen LogP contribution in [0.25, 0.3) is 0 Å². The number of carboxylic acid groups (broad SMARTS) is 1. The van der Waals surface area contributed by atoms with Crippen molar-refractivity contribution in [3.05, 3.63) is 58.6 Å². The quantitative estimate of drug-likeness (QED) is 0.586. The number of rotatable bonds is 8. The number of anilines is 1. The third-order valence-corrected chi connectivity index (χ3v) is 5.94. The van der Waals surface area contributed by atoms with Crippen molar-refractivity contribution in [3.63, 3.8) is 0 Å². The fourth-order valence-corrected chi connectivity index (χ4v) is 4.08. The molecule has 1 unspecified atom stereocenters. The smallest absolute Gasteiger partial charge is 0.347 e. The van der Waals surface area contributed by atoms with Crippen LogP contribution in [0.15, 0.2) is 42.5 Å². The number of carbonyl (C=O) groups is 2. The van der Waals surface area contributed by atoms with E-state index in [1.165, 1.54) is 33.1 Å². The lowest BCUT2D eigenvalue weighted by Crippen LogP contribution is -2.37. The molecule has 0 spiro atoms. The summed E-state index contributed by atoms with van der Waals surface area (Å²) in [6.45, 7) is 6.96. The summed E-state index contributed by atoms with van der Waals surface area (Å²) in [7, 11) is 0. The average Bonchev–Trinajstić information content (AvgIpc) is 2.75. The summed E-state index contributed by atoms with van der Waals surface area (Å²) >= 11 is 6.48. The van der Waals surface area contributed by atoms with E-state index in [9.17, 15) is 14.7 Å². The van der Waals surface area contributed by atoms with Crippen LogP contribution in [0, 0.1) is 0 Å². The molecule has 0 bridgehead atoms. The minimum atomic E-state index is -1.30. The second-order valence-corrected chi connectivity index (χ2v) is 9.26. The van der Waals surface area contributed by atoms with E-state index in [0.29, 0.717) is 22.8 Å². The molecule has 2 aromatic rings. The first kappa shape index (κ1) is 23.9. The Bertz CT molecular complexity index is 953. The maximum absolute atomic E-state index is 12.7. The highest BCUT2D eigenvalue weighted by atomic mass is 35.5.